The number of tetrazole rings is 1. The Hall–Kier alpha value is -2.28. The molecule has 7 heteroatoms. The standard InChI is InChI=1S/C10H12N6O/c1-16-14-10(13-15-16)12-9(17)8-4-2-7(6-11)3-5-8/h2-5H,6,11H2,1H3,(H,12,14,17). The van der Waals surface area contributed by atoms with Crippen LogP contribution in [0.4, 0.5) is 5.95 Å². The van der Waals surface area contributed by atoms with Crippen molar-refractivity contribution in [2.45, 2.75) is 6.54 Å². The Balaban J connectivity index is 2.09. The molecule has 0 unspecified atom stereocenters. The molecule has 17 heavy (non-hydrogen) atoms. The van der Waals surface area contributed by atoms with Crippen molar-refractivity contribution in [3.63, 3.8) is 0 Å². The summed E-state index contributed by atoms with van der Waals surface area (Å²) in [6, 6.07) is 7.01. The zero-order valence-electron chi connectivity index (χ0n) is 9.29. The Bertz CT molecular complexity index is 518. The fourth-order valence-electron chi connectivity index (χ4n) is 1.30. The van der Waals surface area contributed by atoms with E-state index >= 15 is 0 Å². The van der Waals surface area contributed by atoms with Crippen LogP contribution >= 0.6 is 0 Å². The van der Waals surface area contributed by atoms with Crippen LogP contribution in [-0.2, 0) is 13.6 Å². The van der Waals surface area contributed by atoms with Crippen LogP contribution in [0, 0.1) is 0 Å². The minimum atomic E-state index is -0.276. The summed E-state index contributed by atoms with van der Waals surface area (Å²) in [5.41, 5.74) is 6.97. The third-order valence-electron chi connectivity index (χ3n) is 2.19. The molecule has 0 fully saturated rings. The number of carbonyl (C=O) groups excluding carboxylic acids is 1. The maximum absolute atomic E-state index is 11.8. The smallest absolute Gasteiger partial charge is 0.270 e. The first-order chi connectivity index (χ1) is 8.19. The predicted octanol–water partition coefficient (Wildman–Crippen LogP) is -0.0789. The minimum Gasteiger partial charge on any atom is -0.326 e. The highest BCUT2D eigenvalue weighted by Crippen LogP contribution is 2.05. The third-order valence-corrected chi connectivity index (χ3v) is 2.19. The van der Waals surface area contributed by atoms with Crippen molar-refractivity contribution >= 4 is 11.9 Å². The fraction of sp³-hybridized carbons (Fsp3) is 0.200. The molecular weight excluding hydrogens is 220 g/mol. The lowest BCUT2D eigenvalue weighted by Crippen LogP contribution is -2.13. The first kappa shape index (κ1) is 11.2. The van der Waals surface area contributed by atoms with Crippen molar-refractivity contribution in [2.75, 3.05) is 5.32 Å². The van der Waals surface area contributed by atoms with Gasteiger partial charge in [0.1, 0.15) is 0 Å². The SMILES string of the molecule is Cn1nnc(NC(=O)c2ccc(CN)cc2)n1. The second-order valence-corrected chi connectivity index (χ2v) is 3.46. The van der Waals surface area contributed by atoms with Crippen LogP contribution in [0.1, 0.15) is 15.9 Å². The number of hydrogen-bond acceptors (Lipinski definition) is 5. The largest absolute Gasteiger partial charge is 0.326 e. The highest BCUT2D eigenvalue weighted by Gasteiger charge is 2.08. The average molecular weight is 232 g/mol. The average Bonchev–Trinajstić information content (AvgIpc) is 2.75. The van der Waals surface area contributed by atoms with E-state index in [0.717, 1.165) is 5.56 Å². The number of amides is 1. The molecule has 0 bridgehead atoms. The number of carbonyl (C=O) groups is 1. The summed E-state index contributed by atoms with van der Waals surface area (Å²) in [7, 11) is 1.62. The summed E-state index contributed by atoms with van der Waals surface area (Å²) in [4.78, 5) is 13.0. The number of nitrogens with zero attached hydrogens (tertiary/aromatic N) is 4. The van der Waals surface area contributed by atoms with E-state index in [-0.39, 0.29) is 11.9 Å². The zero-order chi connectivity index (χ0) is 12.3. The molecule has 7 nitrogen and oxygen atoms in total. The van der Waals surface area contributed by atoms with Gasteiger partial charge in [-0.3, -0.25) is 10.1 Å². The van der Waals surface area contributed by atoms with Crippen LogP contribution < -0.4 is 11.1 Å². The molecule has 0 saturated heterocycles. The number of nitrogens with one attached hydrogen (secondary N) is 1. The minimum absolute atomic E-state index is 0.181. The van der Waals surface area contributed by atoms with Crippen LogP contribution in [0.15, 0.2) is 24.3 Å². The van der Waals surface area contributed by atoms with Gasteiger partial charge in [-0.15, -0.1) is 5.10 Å². The second kappa shape index (κ2) is 4.71. The van der Waals surface area contributed by atoms with E-state index in [1.807, 2.05) is 0 Å². The Labute approximate surface area is 97.6 Å². The number of hydrogen-bond donors (Lipinski definition) is 2. The summed E-state index contributed by atoms with van der Waals surface area (Å²) in [6.07, 6.45) is 0. The van der Waals surface area contributed by atoms with E-state index in [0.29, 0.717) is 12.1 Å². The van der Waals surface area contributed by atoms with E-state index in [4.69, 9.17) is 5.73 Å². The molecule has 2 aromatic rings. The predicted molar refractivity (Wildman–Crippen MR) is 61.1 cm³/mol. The Morgan fingerprint density at radius 1 is 1.41 bits per heavy atom. The molecule has 1 aromatic carbocycles. The van der Waals surface area contributed by atoms with Crippen LogP contribution in [-0.4, -0.2) is 26.1 Å². The quantitative estimate of drug-likeness (QED) is 0.771. The van der Waals surface area contributed by atoms with Gasteiger partial charge >= 0.3 is 0 Å². The lowest BCUT2D eigenvalue weighted by atomic mass is 10.1. The van der Waals surface area contributed by atoms with Crippen molar-refractivity contribution in [1.82, 2.24) is 20.2 Å². The molecule has 1 heterocycles. The Morgan fingerprint density at radius 3 is 2.65 bits per heavy atom. The normalized spacial score (nSPS) is 10.2. The lowest BCUT2D eigenvalue weighted by Gasteiger charge is -2.01. The number of nitrogens with two attached hydrogens (primary N) is 1. The number of aryl methyl sites for hydroxylation is 1. The van der Waals surface area contributed by atoms with Gasteiger partial charge in [-0.05, 0) is 22.9 Å². The summed E-state index contributed by atoms with van der Waals surface area (Å²) in [5, 5.41) is 13.7. The molecule has 0 saturated carbocycles. The number of benzene rings is 1. The monoisotopic (exact) mass is 232 g/mol. The third kappa shape index (κ3) is 2.64. The molecule has 1 amide bonds. The van der Waals surface area contributed by atoms with Crippen LogP contribution in [0.2, 0.25) is 0 Å². The Kier molecular flexibility index (Phi) is 3.10. The Morgan fingerprint density at radius 2 is 2.12 bits per heavy atom. The van der Waals surface area contributed by atoms with Gasteiger partial charge in [-0.2, -0.15) is 4.80 Å². The lowest BCUT2D eigenvalue weighted by molar-refractivity contribution is 0.102. The van der Waals surface area contributed by atoms with Crippen molar-refractivity contribution in [3.05, 3.63) is 35.4 Å². The van der Waals surface area contributed by atoms with Crippen molar-refractivity contribution in [2.24, 2.45) is 12.8 Å². The van der Waals surface area contributed by atoms with E-state index in [1.165, 1.54) is 4.80 Å². The first-order valence-corrected chi connectivity index (χ1v) is 5.03. The zero-order valence-corrected chi connectivity index (χ0v) is 9.29. The van der Waals surface area contributed by atoms with E-state index in [2.05, 4.69) is 20.7 Å². The van der Waals surface area contributed by atoms with Gasteiger partial charge in [0.2, 0.25) is 0 Å². The topological polar surface area (TPSA) is 98.7 Å². The molecule has 88 valence electrons. The van der Waals surface area contributed by atoms with E-state index < -0.39 is 0 Å². The fourth-order valence-corrected chi connectivity index (χ4v) is 1.30. The van der Waals surface area contributed by atoms with Crippen LogP contribution in [0.25, 0.3) is 0 Å². The van der Waals surface area contributed by atoms with Gasteiger partial charge in [0.05, 0.1) is 7.05 Å². The molecule has 1 aromatic heterocycles. The molecule has 0 spiro atoms. The highest BCUT2D eigenvalue weighted by molar-refractivity contribution is 6.03. The summed E-state index contributed by atoms with van der Waals surface area (Å²) in [6.45, 7) is 0.452. The van der Waals surface area contributed by atoms with Gasteiger partial charge in [0, 0.05) is 12.1 Å². The van der Waals surface area contributed by atoms with Gasteiger partial charge < -0.3 is 5.73 Å². The molecule has 0 atom stereocenters. The second-order valence-electron chi connectivity index (χ2n) is 3.46. The summed E-state index contributed by atoms with van der Waals surface area (Å²) in [5.74, 6) is -0.0954. The van der Waals surface area contributed by atoms with Gasteiger partial charge in [0.15, 0.2) is 0 Å². The molecule has 0 aliphatic heterocycles. The molecule has 0 radical (unpaired) electrons. The number of aromatic nitrogens is 4. The maximum atomic E-state index is 11.8. The molecular formula is C10H12N6O. The molecule has 2 rings (SSSR count). The molecule has 0 aliphatic carbocycles. The van der Waals surface area contributed by atoms with Crippen LogP contribution in [0.3, 0.4) is 0 Å². The van der Waals surface area contributed by atoms with E-state index in [1.54, 1.807) is 31.3 Å². The number of anilines is 1. The van der Waals surface area contributed by atoms with Crippen molar-refractivity contribution in [3.8, 4) is 0 Å². The first-order valence-electron chi connectivity index (χ1n) is 5.03. The van der Waals surface area contributed by atoms with Crippen molar-refractivity contribution in [1.29, 1.82) is 0 Å². The summed E-state index contributed by atoms with van der Waals surface area (Å²) >= 11 is 0. The summed E-state index contributed by atoms with van der Waals surface area (Å²) < 4.78 is 0. The van der Waals surface area contributed by atoms with Crippen LogP contribution in [0.5, 0.6) is 0 Å². The van der Waals surface area contributed by atoms with Crippen molar-refractivity contribution < 1.29 is 4.79 Å². The maximum Gasteiger partial charge on any atom is 0.270 e. The van der Waals surface area contributed by atoms with Gasteiger partial charge in [-0.25, -0.2) is 0 Å². The van der Waals surface area contributed by atoms with E-state index in [9.17, 15) is 4.79 Å². The number of rotatable bonds is 3. The highest BCUT2D eigenvalue weighted by atomic mass is 16.1. The van der Waals surface area contributed by atoms with Gasteiger partial charge in [0.25, 0.3) is 11.9 Å². The van der Waals surface area contributed by atoms with Gasteiger partial charge in [-0.1, -0.05) is 17.2 Å². The molecule has 3 N–H and O–H groups in total. The molecule has 0 aliphatic rings.